The van der Waals surface area contributed by atoms with Crippen molar-refractivity contribution in [2.45, 2.75) is 26.3 Å². The lowest BCUT2D eigenvalue weighted by Crippen LogP contribution is -2.06. The van der Waals surface area contributed by atoms with Crippen LogP contribution in [-0.4, -0.2) is 43.3 Å². The Morgan fingerprint density at radius 3 is 2.76 bits per heavy atom. The average Bonchev–Trinajstić information content (AvgIpc) is 2.93. The van der Waals surface area contributed by atoms with Crippen LogP contribution in [-0.2, 0) is 6.54 Å². The second kappa shape index (κ2) is 7.20. The number of rotatable bonds is 7. The molecule has 0 saturated heterocycles. The Bertz CT molecular complexity index is 862. The van der Waals surface area contributed by atoms with E-state index in [9.17, 15) is 5.11 Å². The van der Waals surface area contributed by atoms with Gasteiger partial charge in [0, 0.05) is 12.3 Å². The van der Waals surface area contributed by atoms with Crippen molar-refractivity contribution >= 4 is 17.0 Å². The van der Waals surface area contributed by atoms with Crippen LogP contribution in [0, 0.1) is 0 Å². The van der Waals surface area contributed by atoms with E-state index in [1.807, 2.05) is 6.07 Å². The maximum Gasteiger partial charge on any atom is 0.320 e. The van der Waals surface area contributed by atoms with Gasteiger partial charge in [-0.3, -0.25) is 4.57 Å². The molecule has 0 bridgehead atoms. The first-order valence-electron chi connectivity index (χ1n) is 7.96. The molecule has 0 radical (unpaired) electrons. The van der Waals surface area contributed by atoms with Crippen LogP contribution in [0.3, 0.4) is 0 Å². The molecule has 3 rings (SSSR count). The Labute approximate surface area is 144 Å². The molecule has 0 aliphatic rings. The first-order chi connectivity index (χ1) is 12.1. The Morgan fingerprint density at radius 2 is 2.08 bits per heavy atom. The molecule has 3 heterocycles. The number of nitrogen functional groups attached to an aromatic ring is 1. The van der Waals surface area contributed by atoms with E-state index in [0.717, 1.165) is 18.4 Å². The number of hydrogen-bond donors (Lipinski definition) is 2. The largest absolute Gasteiger partial charge is 0.481 e. The van der Waals surface area contributed by atoms with E-state index in [-0.39, 0.29) is 17.8 Å². The van der Waals surface area contributed by atoms with Crippen LogP contribution in [0.2, 0.25) is 0 Å². The lowest BCUT2D eigenvalue weighted by atomic mass is 10.3. The molecule has 3 N–H and O–H groups in total. The minimum atomic E-state index is -0.197. The van der Waals surface area contributed by atoms with Crippen LogP contribution >= 0.6 is 0 Å². The van der Waals surface area contributed by atoms with Crippen LogP contribution < -0.4 is 15.2 Å². The van der Waals surface area contributed by atoms with Crippen molar-refractivity contribution in [2.75, 3.05) is 19.5 Å². The average molecular weight is 344 g/mol. The summed E-state index contributed by atoms with van der Waals surface area (Å²) >= 11 is 0. The molecule has 0 saturated carbocycles. The number of unbranched alkanes of at least 4 members (excludes halogenated alkanes) is 1. The fourth-order valence-corrected chi connectivity index (χ4v) is 2.32. The Hall–Kier alpha value is -3.10. The van der Waals surface area contributed by atoms with E-state index >= 15 is 0 Å². The summed E-state index contributed by atoms with van der Waals surface area (Å²) in [5.41, 5.74) is 7.52. The number of nitrogens with two attached hydrogens (primary N) is 1. The molecule has 0 aliphatic carbocycles. The predicted molar refractivity (Wildman–Crippen MR) is 91.7 cm³/mol. The Balaban J connectivity index is 1.94. The third kappa shape index (κ3) is 3.54. The van der Waals surface area contributed by atoms with Crippen molar-refractivity contribution in [2.24, 2.45) is 0 Å². The third-order valence-electron chi connectivity index (χ3n) is 3.66. The van der Waals surface area contributed by atoms with Crippen molar-refractivity contribution in [1.29, 1.82) is 0 Å². The highest BCUT2D eigenvalue weighted by atomic mass is 16.5. The van der Waals surface area contributed by atoms with Gasteiger partial charge in [0.1, 0.15) is 0 Å². The summed E-state index contributed by atoms with van der Waals surface area (Å²) in [5, 5.41) is 10.2. The number of methoxy groups -OCH3 is 1. The van der Waals surface area contributed by atoms with Crippen molar-refractivity contribution in [3.05, 3.63) is 23.9 Å². The molecule has 0 fully saturated rings. The van der Waals surface area contributed by atoms with Crippen molar-refractivity contribution in [1.82, 2.24) is 24.5 Å². The molecule has 9 nitrogen and oxygen atoms in total. The van der Waals surface area contributed by atoms with E-state index in [1.54, 1.807) is 19.4 Å². The maximum absolute atomic E-state index is 10.2. The maximum atomic E-state index is 10.2. The summed E-state index contributed by atoms with van der Waals surface area (Å²) in [6.07, 6.45) is 3.55. The minimum absolute atomic E-state index is 0.165. The number of aromatic hydroxyl groups is 1. The van der Waals surface area contributed by atoms with Crippen molar-refractivity contribution in [3.8, 4) is 17.9 Å². The number of aromatic nitrogens is 5. The van der Waals surface area contributed by atoms with Gasteiger partial charge in [-0.25, -0.2) is 4.98 Å². The van der Waals surface area contributed by atoms with Crippen LogP contribution in [0.5, 0.6) is 17.9 Å². The summed E-state index contributed by atoms with van der Waals surface area (Å²) in [4.78, 5) is 16.6. The molecule has 0 amide bonds. The molecule has 0 aromatic carbocycles. The first kappa shape index (κ1) is 16.7. The number of nitrogens with zero attached hydrogens (tertiary/aromatic N) is 5. The minimum Gasteiger partial charge on any atom is -0.481 e. The van der Waals surface area contributed by atoms with Crippen LogP contribution in [0.4, 0.5) is 5.82 Å². The van der Waals surface area contributed by atoms with Crippen LogP contribution in [0.1, 0.15) is 25.3 Å². The highest BCUT2D eigenvalue weighted by molar-refractivity contribution is 5.83. The Morgan fingerprint density at radius 1 is 1.24 bits per heavy atom. The summed E-state index contributed by atoms with van der Waals surface area (Å²) < 4.78 is 12.1. The van der Waals surface area contributed by atoms with Crippen molar-refractivity contribution in [3.63, 3.8) is 0 Å². The molecule has 3 aromatic rings. The molecule has 0 unspecified atom stereocenters. The molecule has 0 atom stereocenters. The van der Waals surface area contributed by atoms with Gasteiger partial charge in [-0.15, -0.1) is 0 Å². The van der Waals surface area contributed by atoms with Crippen LogP contribution in [0.15, 0.2) is 18.3 Å². The van der Waals surface area contributed by atoms with E-state index in [4.69, 9.17) is 15.2 Å². The quantitative estimate of drug-likeness (QED) is 0.622. The summed E-state index contributed by atoms with van der Waals surface area (Å²) in [5.74, 6) is 0.681. The summed E-state index contributed by atoms with van der Waals surface area (Å²) in [7, 11) is 1.55. The lowest BCUT2D eigenvalue weighted by molar-refractivity contribution is 0.286. The van der Waals surface area contributed by atoms with Crippen molar-refractivity contribution < 1.29 is 14.6 Å². The SMILES string of the molecule is CCCCOc1nc(N)c2nc(O)n(Cc3ccc(OC)nc3)c2n1. The van der Waals surface area contributed by atoms with Gasteiger partial charge < -0.3 is 20.3 Å². The summed E-state index contributed by atoms with van der Waals surface area (Å²) in [6.45, 7) is 2.89. The topological polar surface area (TPSA) is 121 Å². The number of pyridine rings is 1. The summed E-state index contributed by atoms with van der Waals surface area (Å²) in [6, 6.07) is 3.57. The number of hydrogen-bond acceptors (Lipinski definition) is 8. The highest BCUT2D eigenvalue weighted by Gasteiger charge is 2.17. The zero-order valence-corrected chi connectivity index (χ0v) is 14.1. The van der Waals surface area contributed by atoms with E-state index < -0.39 is 0 Å². The number of ether oxygens (including phenoxy) is 2. The van der Waals surface area contributed by atoms with E-state index in [0.29, 0.717) is 30.2 Å². The highest BCUT2D eigenvalue weighted by Crippen LogP contribution is 2.25. The zero-order chi connectivity index (χ0) is 17.8. The monoisotopic (exact) mass is 344 g/mol. The molecular formula is C16H20N6O3. The molecule has 0 aliphatic heterocycles. The van der Waals surface area contributed by atoms with Gasteiger partial charge in [-0.05, 0) is 12.0 Å². The fraction of sp³-hybridized carbons (Fsp3) is 0.375. The normalized spacial score (nSPS) is 11.0. The van der Waals surface area contributed by atoms with Gasteiger partial charge in [0.2, 0.25) is 5.88 Å². The predicted octanol–water partition coefficient (Wildman–Crippen LogP) is 1.74. The van der Waals surface area contributed by atoms with E-state index in [2.05, 4.69) is 26.9 Å². The van der Waals surface area contributed by atoms with Gasteiger partial charge in [0.25, 0.3) is 6.01 Å². The molecular weight excluding hydrogens is 324 g/mol. The van der Waals surface area contributed by atoms with Gasteiger partial charge in [-0.2, -0.15) is 15.0 Å². The number of imidazole rings is 1. The molecule has 25 heavy (non-hydrogen) atoms. The Kier molecular flexibility index (Phi) is 4.82. The third-order valence-corrected chi connectivity index (χ3v) is 3.66. The smallest absolute Gasteiger partial charge is 0.320 e. The van der Waals surface area contributed by atoms with Gasteiger partial charge in [0.05, 0.1) is 20.3 Å². The van der Waals surface area contributed by atoms with Gasteiger partial charge >= 0.3 is 6.01 Å². The molecule has 9 heteroatoms. The van der Waals surface area contributed by atoms with Crippen LogP contribution in [0.25, 0.3) is 11.2 Å². The molecule has 0 spiro atoms. The molecule has 132 valence electrons. The number of fused-ring (bicyclic) bond motifs is 1. The zero-order valence-electron chi connectivity index (χ0n) is 14.1. The lowest BCUT2D eigenvalue weighted by Gasteiger charge is -2.07. The van der Waals surface area contributed by atoms with Gasteiger partial charge in [-0.1, -0.05) is 19.4 Å². The fourth-order valence-electron chi connectivity index (χ4n) is 2.32. The first-order valence-corrected chi connectivity index (χ1v) is 7.96. The second-order valence-electron chi connectivity index (χ2n) is 5.47. The van der Waals surface area contributed by atoms with Gasteiger partial charge in [0.15, 0.2) is 17.0 Å². The number of anilines is 1. The standard InChI is InChI=1S/C16H20N6O3/c1-3-4-7-25-15-20-13(17)12-14(21-15)22(16(23)19-12)9-10-5-6-11(24-2)18-8-10/h5-6,8H,3-4,7,9H2,1-2H3,(H,19,23)(H2,17,20,21). The second-order valence-corrected chi connectivity index (χ2v) is 5.47. The molecule has 3 aromatic heterocycles. The van der Waals surface area contributed by atoms with E-state index in [1.165, 1.54) is 4.57 Å².